The summed E-state index contributed by atoms with van der Waals surface area (Å²) in [6.45, 7) is 0.490. The number of carbonyl (C=O) groups is 1. The van der Waals surface area contributed by atoms with Crippen LogP contribution in [0.1, 0.15) is 0 Å². The van der Waals surface area contributed by atoms with E-state index in [-0.39, 0.29) is 18.0 Å². The number of sulfonamides is 1. The lowest BCUT2D eigenvalue weighted by molar-refractivity contribution is -0.140. The average molecular weight is 271 g/mol. The van der Waals surface area contributed by atoms with E-state index in [0.29, 0.717) is 6.54 Å². The highest BCUT2D eigenvalue weighted by atomic mass is 32.2. The van der Waals surface area contributed by atoms with Crippen LogP contribution in [0, 0.1) is 0 Å². The van der Waals surface area contributed by atoms with Crippen molar-refractivity contribution in [3.8, 4) is 0 Å². The van der Waals surface area contributed by atoms with E-state index in [1.807, 2.05) is 0 Å². The molecule has 0 amide bonds. The second-order valence-corrected chi connectivity index (χ2v) is 5.83. The van der Waals surface area contributed by atoms with E-state index in [2.05, 4.69) is 10.3 Å². The van der Waals surface area contributed by atoms with Gasteiger partial charge in [-0.25, -0.2) is 8.42 Å². The van der Waals surface area contributed by atoms with Gasteiger partial charge in [0.15, 0.2) is 0 Å². The highest BCUT2D eigenvalue weighted by molar-refractivity contribution is 7.89. The molecule has 1 unspecified atom stereocenters. The Bertz CT molecular complexity index is 531. The van der Waals surface area contributed by atoms with Crippen LogP contribution in [0.4, 0.5) is 0 Å². The van der Waals surface area contributed by atoms with E-state index in [1.165, 1.54) is 28.8 Å². The SMILES string of the molecule is O=C(O)C1CN(S(=O)(=O)c2cccnc2)CCN1. The summed E-state index contributed by atoms with van der Waals surface area (Å²) in [5.41, 5.74) is 0. The first-order chi connectivity index (χ1) is 8.51. The number of pyridine rings is 1. The summed E-state index contributed by atoms with van der Waals surface area (Å²) in [6.07, 6.45) is 2.74. The Morgan fingerprint density at radius 1 is 1.56 bits per heavy atom. The lowest BCUT2D eigenvalue weighted by atomic mass is 10.2. The Hall–Kier alpha value is -1.51. The van der Waals surface area contributed by atoms with Gasteiger partial charge in [0.05, 0.1) is 0 Å². The number of hydrogen-bond acceptors (Lipinski definition) is 5. The summed E-state index contributed by atoms with van der Waals surface area (Å²) in [4.78, 5) is 14.7. The molecule has 1 saturated heterocycles. The number of nitrogens with one attached hydrogen (secondary N) is 1. The number of rotatable bonds is 3. The molecule has 2 N–H and O–H groups in total. The van der Waals surface area contributed by atoms with Crippen LogP contribution in [-0.2, 0) is 14.8 Å². The fourth-order valence-corrected chi connectivity index (χ4v) is 3.18. The number of hydrogen-bond donors (Lipinski definition) is 2. The van der Waals surface area contributed by atoms with E-state index in [0.717, 1.165) is 0 Å². The molecular formula is C10H13N3O4S. The first-order valence-electron chi connectivity index (χ1n) is 5.38. The maximum Gasteiger partial charge on any atom is 0.322 e. The van der Waals surface area contributed by atoms with Gasteiger partial charge in [-0.15, -0.1) is 0 Å². The third kappa shape index (κ3) is 2.50. The van der Waals surface area contributed by atoms with Crippen LogP contribution >= 0.6 is 0 Å². The summed E-state index contributed by atoms with van der Waals surface area (Å²) >= 11 is 0. The summed E-state index contributed by atoms with van der Waals surface area (Å²) in [7, 11) is -3.66. The Kier molecular flexibility index (Phi) is 3.60. The van der Waals surface area contributed by atoms with Crippen LogP contribution < -0.4 is 5.32 Å². The topological polar surface area (TPSA) is 99.6 Å². The fourth-order valence-electron chi connectivity index (χ4n) is 1.76. The maximum absolute atomic E-state index is 12.2. The predicted molar refractivity (Wildman–Crippen MR) is 62.4 cm³/mol. The maximum atomic E-state index is 12.2. The third-order valence-corrected chi connectivity index (χ3v) is 4.56. The molecule has 0 aromatic carbocycles. The number of aromatic nitrogens is 1. The molecule has 0 saturated carbocycles. The normalized spacial score (nSPS) is 21.7. The largest absolute Gasteiger partial charge is 0.480 e. The van der Waals surface area contributed by atoms with Crippen LogP contribution in [0.5, 0.6) is 0 Å². The van der Waals surface area contributed by atoms with Gasteiger partial charge >= 0.3 is 5.97 Å². The molecule has 2 rings (SSSR count). The Morgan fingerprint density at radius 2 is 2.33 bits per heavy atom. The van der Waals surface area contributed by atoms with Gasteiger partial charge in [-0.2, -0.15) is 4.31 Å². The highest BCUT2D eigenvalue weighted by Crippen LogP contribution is 2.15. The summed E-state index contributed by atoms with van der Waals surface area (Å²) < 4.78 is 25.6. The quantitative estimate of drug-likeness (QED) is 0.741. The molecule has 1 aliphatic rings. The lowest BCUT2D eigenvalue weighted by Gasteiger charge is -2.30. The van der Waals surface area contributed by atoms with Gasteiger partial charge < -0.3 is 10.4 Å². The second kappa shape index (κ2) is 5.01. The van der Waals surface area contributed by atoms with Crippen molar-refractivity contribution in [2.45, 2.75) is 10.9 Å². The van der Waals surface area contributed by atoms with Crippen molar-refractivity contribution in [3.63, 3.8) is 0 Å². The molecule has 1 aromatic heterocycles. The van der Waals surface area contributed by atoms with Crippen LogP contribution in [0.15, 0.2) is 29.4 Å². The number of nitrogens with zero attached hydrogens (tertiary/aromatic N) is 2. The predicted octanol–water partition coefficient (Wildman–Crippen LogP) is -0.871. The first kappa shape index (κ1) is 12.9. The van der Waals surface area contributed by atoms with Crippen molar-refractivity contribution in [1.82, 2.24) is 14.6 Å². The van der Waals surface area contributed by atoms with Crippen LogP contribution in [0.3, 0.4) is 0 Å². The zero-order valence-electron chi connectivity index (χ0n) is 9.48. The molecule has 0 bridgehead atoms. The Morgan fingerprint density at radius 3 is 2.94 bits per heavy atom. The van der Waals surface area contributed by atoms with E-state index < -0.39 is 22.0 Å². The Balaban J connectivity index is 2.23. The van der Waals surface area contributed by atoms with E-state index >= 15 is 0 Å². The fraction of sp³-hybridized carbons (Fsp3) is 0.400. The average Bonchev–Trinajstić information content (AvgIpc) is 2.40. The molecule has 0 spiro atoms. The van der Waals surface area contributed by atoms with Crippen LogP contribution in [0.25, 0.3) is 0 Å². The smallest absolute Gasteiger partial charge is 0.322 e. The van der Waals surface area contributed by atoms with Crippen molar-refractivity contribution < 1.29 is 18.3 Å². The third-order valence-electron chi connectivity index (χ3n) is 2.71. The van der Waals surface area contributed by atoms with E-state index in [4.69, 9.17) is 5.11 Å². The molecule has 1 aliphatic heterocycles. The minimum atomic E-state index is -3.66. The number of piperazine rings is 1. The van der Waals surface area contributed by atoms with Crippen molar-refractivity contribution in [2.75, 3.05) is 19.6 Å². The molecule has 1 atom stereocenters. The summed E-state index contributed by atoms with van der Waals surface area (Å²) in [5, 5.41) is 11.6. The van der Waals surface area contributed by atoms with Gasteiger partial charge in [0.25, 0.3) is 0 Å². The molecule has 8 heteroatoms. The van der Waals surface area contributed by atoms with Gasteiger partial charge in [-0.1, -0.05) is 0 Å². The van der Waals surface area contributed by atoms with E-state index in [1.54, 1.807) is 0 Å². The number of carboxylic acid groups (broad SMARTS) is 1. The molecule has 1 aromatic rings. The Labute approximate surface area is 104 Å². The molecule has 0 radical (unpaired) electrons. The highest BCUT2D eigenvalue weighted by Gasteiger charge is 2.32. The minimum absolute atomic E-state index is 0.0768. The first-order valence-corrected chi connectivity index (χ1v) is 6.82. The van der Waals surface area contributed by atoms with Gasteiger partial charge in [-0.05, 0) is 12.1 Å². The van der Waals surface area contributed by atoms with Crippen molar-refractivity contribution in [1.29, 1.82) is 0 Å². The van der Waals surface area contributed by atoms with Crippen LogP contribution in [-0.4, -0.2) is 54.5 Å². The molecule has 7 nitrogen and oxygen atoms in total. The van der Waals surface area contributed by atoms with Crippen molar-refractivity contribution in [3.05, 3.63) is 24.5 Å². The van der Waals surface area contributed by atoms with Crippen molar-refractivity contribution >= 4 is 16.0 Å². The summed E-state index contributed by atoms with van der Waals surface area (Å²) in [5.74, 6) is -1.05. The molecule has 98 valence electrons. The lowest BCUT2D eigenvalue weighted by Crippen LogP contribution is -2.55. The second-order valence-electron chi connectivity index (χ2n) is 3.90. The molecule has 0 aliphatic carbocycles. The number of aliphatic carboxylic acids is 1. The zero-order valence-corrected chi connectivity index (χ0v) is 10.3. The molecule has 1 fully saturated rings. The van der Waals surface area contributed by atoms with Gasteiger partial charge in [0.1, 0.15) is 10.9 Å². The molecule has 2 heterocycles. The van der Waals surface area contributed by atoms with Gasteiger partial charge in [-0.3, -0.25) is 9.78 Å². The molecular weight excluding hydrogens is 258 g/mol. The number of carboxylic acids is 1. The molecule has 18 heavy (non-hydrogen) atoms. The summed E-state index contributed by atoms with van der Waals surface area (Å²) in [6, 6.07) is 2.11. The standard InChI is InChI=1S/C10H13N3O4S/c14-10(15)9-7-13(5-4-12-9)18(16,17)8-2-1-3-11-6-8/h1-3,6,9,12H,4-5,7H2,(H,14,15). The monoisotopic (exact) mass is 271 g/mol. The minimum Gasteiger partial charge on any atom is -0.480 e. The van der Waals surface area contributed by atoms with Crippen LogP contribution in [0.2, 0.25) is 0 Å². The van der Waals surface area contributed by atoms with Crippen molar-refractivity contribution in [2.24, 2.45) is 0 Å². The zero-order chi connectivity index (χ0) is 13.2. The van der Waals surface area contributed by atoms with Gasteiger partial charge in [0.2, 0.25) is 10.0 Å². The van der Waals surface area contributed by atoms with E-state index in [9.17, 15) is 13.2 Å². The van der Waals surface area contributed by atoms with Gasteiger partial charge in [0, 0.05) is 32.0 Å².